The number of ether oxygens (including phenoxy) is 1. The molecular weight excluding hydrogens is 314 g/mol. The van der Waals surface area contributed by atoms with Crippen LogP contribution >= 0.6 is 0 Å². The van der Waals surface area contributed by atoms with E-state index < -0.39 is 0 Å². The number of carbonyl (C=O) groups excluding carboxylic acids is 1. The summed E-state index contributed by atoms with van der Waals surface area (Å²) < 4.78 is 7.58. The third-order valence-electron chi connectivity index (χ3n) is 4.11. The minimum atomic E-state index is -0.118. The lowest BCUT2D eigenvalue weighted by molar-refractivity contribution is 0.103. The van der Waals surface area contributed by atoms with Crippen molar-refractivity contribution < 1.29 is 9.53 Å². The summed E-state index contributed by atoms with van der Waals surface area (Å²) in [6.45, 7) is 2.45. The van der Waals surface area contributed by atoms with E-state index in [1.165, 1.54) is 0 Å². The topological polar surface area (TPSA) is 56.5 Å². The van der Waals surface area contributed by atoms with Crippen molar-refractivity contribution in [1.29, 1.82) is 0 Å². The number of imidazole rings is 1. The monoisotopic (exact) mass is 331 g/mol. The van der Waals surface area contributed by atoms with Crippen molar-refractivity contribution in [1.82, 2.24) is 9.55 Å². The summed E-state index contributed by atoms with van der Waals surface area (Å²) in [6, 6.07) is 9.14. The number of fused-ring (bicyclic) bond motifs is 3. The maximum Gasteiger partial charge on any atom is 0.237 e. The molecule has 0 bridgehead atoms. The fraction of sp³-hybridized carbons (Fsp3) is 0.150. The van der Waals surface area contributed by atoms with E-state index in [2.05, 4.69) is 9.98 Å². The number of aromatic nitrogens is 2. The Bertz CT molecular complexity index is 933. The first kappa shape index (κ1) is 15.3. The van der Waals surface area contributed by atoms with Gasteiger partial charge >= 0.3 is 0 Å². The Balaban J connectivity index is 1.80. The second-order valence-corrected chi connectivity index (χ2v) is 5.71. The SMILES string of the molecule is CCOC1=Nc2nc(C(=O)c3ccccc3)cn2C2=CC=CC=CC21. The van der Waals surface area contributed by atoms with E-state index in [-0.39, 0.29) is 11.7 Å². The lowest BCUT2D eigenvalue weighted by Gasteiger charge is -2.24. The Morgan fingerprint density at radius 2 is 2.04 bits per heavy atom. The number of aliphatic imine (C=N–C) groups is 1. The first-order valence-electron chi connectivity index (χ1n) is 8.24. The van der Waals surface area contributed by atoms with Gasteiger partial charge in [-0.05, 0) is 13.0 Å². The molecule has 124 valence electrons. The molecule has 2 aromatic rings. The molecule has 0 saturated heterocycles. The normalized spacial score (nSPS) is 17.9. The molecule has 0 saturated carbocycles. The summed E-state index contributed by atoms with van der Waals surface area (Å²) in [4.78, 5) is 21.7. The molecule has 1 aromatic heterocycles. The van der Waals surface area contributed by atoms with Crippen LogP contribution < -0.4 is 0 Å². The molecule has 2 heterocycles. The molecule has 1 aliphatic heterocycles. The molecule has 5 nitrogen and oxygen atoms in total. The van der Waals surface area contributed by atoms with Crippen molar-refractivity contribution in [2.24, 2.45) is 10.9 Å². The number of carbonyl (C=O) groups is 1. The number of hydrogen-bond donors (Lipinski definition) is 0. The molecule has 25 heavy (non-hydrogen) atoms. The number of hydrogen-bond acceptors (Lipinski definition) is 4. The maximum absolute atomic E-state index is 12.7. The maximum atomic E-state index is 12.7. The van der Waals surface area contributed by atoms with E-state index in [9.17, 15) is 4.79 Å². The van der Waals surface area contributed by atoms with Crippen LogP contribution in [0.2, 0.25) is 0 Å². The number of allylic oxidation sites excluding steroid dienone is 4. The van der Waals surface area contributed by atoms with E-state index in [4.69, 9.17) is 4.74 Å². The Hall–Kier alpha value is -3.21. The predicted octanol–water partition coefficient (Wildman–Crippen LogP) is 3.78. The van der Waals surface area contributed by atoms with E-state index in [0.29, 0.717) is 29.7 Å². The number of rotatable bonds is 3. The molecule has 1 aromatic carbocycles. The van der Waals surface area contributed by atoms with Crippen molar-refractivity contribution in [3.05, 3.63) is 78.2 Å². The molecule has 1 aliphatic carbocycles. The zero-order valence-corrected chi connectivity index (χ0v) is 13.8. The van der Waals surface area contributed by atoms with Gasteiger partial charge in [-0.3, -0.25) is 9.36 Å². The fourth-order valence-electron chi connectivity index (χ4n) is 2.96. The summed E-state index contributed by atoms with van der Waals surface area (Å²) in [6.07, 6.45) is 11.7. The summed E-state index contributed by atoms with van der Waals surface area (Å²) in [5, 5.41) is 0. The molecule has 0 amide bonds. The van der Waals surface area contributed by atoms with E-state index in [0.717, 1.165) is 5.70 Å². The van der Waals surface area contributed by atoms with Crippen molar-refractivity contribution in [3.8, 4) is 0 Å². The lowest BCUT2D eigenvalue weighted by Crippen LogP contribution is -2.23. The van der Waals surface area contributed by atoms with Gasteiger partial charge in [-0.25, -0.2) is 4.98 Å². The first-order chi connectivity index (χ1) is 12.3. The molecule has 0 N–H and O–H groups in total. The third-order valence-corrected chi connectivity index (χ3v) is 4.11. The highest BCUT2D eigenvalue weighted by atomic mass is 16.5. The van der Waals surface area contributed by atoms with Gasteiger partial charge in [0.2, 0.25) is 17.6 Å². The number of ketones is 1. The highest BCUT2D eigenvalue weighted by Gasteiger charge is 2.30. The van der Waals surface area contributed by atoms with E-state index in [1.54, 1.807) is 18.3 Å². The molecule has 2 aliphatic rings. The van der Waals surface area contributed by atoms with Gasteiger partial charge in [-0.1, -0.05) is 54.6 Å². The summed E-state index contributed by atoms with van der Waals surface area (Å²) >= 11 is 0. The lowest BCUT2D eigenvalue weighted by atomic mass is 10.0. The standard InChI is InChI=1S/C20H17N3O2/c1-2-25-19-15-11-7-4-8-12-17(15)23-13-16(21-20(23)22-19)18(24)14-9-5-3-6-10-14/h3-13,15H,2H2,1H3. The van der Waals surface area contributed by atoms with Gasteiger partial charge in [0.1, 0.15) is 5.69 Å². The molecule has 4 rings (SSSR count). The van der Waals surface area contributed by atoms with Crippen molar-refractivity contribution >= 4 is 23.3 Å². The molecule has 0 radical (unpaired) electrons. The number of benzene rings is 1. The van der Waals surface area contributed by atoms with Gasteiger partial charge in [0.15, 0.2) is 0 Å². The molecule has 5 heteroatoms. The summed E-state index contributed by atoms with van der Waals surface area (Å²) in [5.41, 5.74) is 1.95. The van der Waals surface area contributed by atoms with Crippen LogP contribution in [-0.4, -0.2) is 27.8 Å². The largest absolute Gasteiger partial charge is 0.480 e. The van der Waals surface area contributed by atoms with Crippen LogP contribution in [0.1, 0.15) is 23.0 Å². The van der Waals surface area contributed by atoms with Gasteiger partial charge in [0.05, 0.1) is 12.5 Å². The average Bonchev–Trinajstić information content (AvgIpc) is 2.91. The minimum Gasteiger partial charge on any atom is -0.480 e. The van der Waals surface area contributed by atoms with Crippen LogP contribution in [0.5, 0.6) is 0 Å². The van der Waals surface area contributed by atoms with Crippen LogP contribution in [0.4, 0.5) is 5.95 Å². The first-order valence-corrected chi connectivity index (χ1v) is 8.24. The Kier molecular flexibility index (Phi) is 3.90. The molecule has 0 fully saturated rings. The zero-order valence-electron chi connectivity index (χ0n) is 13.8. The molecule has 0 spiro atoms. The summed E-state index contributed by atoms with van der Waals surface area (Å²) in [5.74, 6) is 0.864. The van der Waals surface area contributed by atoms with Gasteiger partial charge < -0.3 is 4.74 Å². The second kappa shape index (κ2) is 6.36. The quantitative estimate of drug-likeness (QED) is 0.804. The third kappa shape index (κ3) is 2.74. The smallest absolute Gasteiger partial charge is 0.237 e. The highest BCUT2D eigenvalue weighted by Crippen LogP contribution is 2.33. The van der Waals surface area contributed by atoms with E-state index in [1.807, 2.05) is 60.1 Å². The van der Waals surface area contributed by atoms with E-state index >= 15 is 0 Å². The van der Waals surface area contributed by atoms with Crippen LogP contribution in [0, 0.1) is 5.92 Å². The average molecular weight is 331 g/mol. The van der Waals surface area contributed by atoms with Crippen LogP contribution in [-0.2, 0) is 4.74 Å². The molecular formula is C20H17N3O2. The van der Waals surface area contributed by atoms with Crippen LogP contribution in [0.15, 0.2) is 71.9 Å². The van der Waals surface area contributed by atoms with Gasteiger partial charge in [0.25, 0.3) is 0 Å². The summed E-state index contributed by atoms with van der Waals surface area (Å²) in [7, 11) is 0. The zero-order chi connectivity index (χ0) is 17.2. The predicted molar refractivity (Wildman–Crippen MR) is 96.9 cm³/mol. The molecule has 1 atom stereocenters. The Labute approximate surface area is 145 Å². The second-order valence-electron chi connectivity index (χ2n) is 5.71. The van der Waals surface area contributed by atoms with Gasteiger partial charge in [-0.15, -0.1) is 0 Å². The van der Waals surface area contributed by atoms with Gasteiger partial charge in [0, 0.05) is 17.5 Å². The Morgan fingerprint density at radius 3 is 2.84 bits per heavy atom. The van der Waals surface area contributed by atoms with Crippen LogP contribution in [0.25, 0.3) is 5.70 Å². The molecule has 1 unspecified atom stereocenters. The fourth-order valence-corrected chi connectivity index (χ4v) is 2.96. The van der Waals surface area contributed by atoms with Crippen LogP contribution in [0.3, 0.4) is 0 Å². The van der Waals surface area contributed by atoms with Crippen molar-refractivity contribution in [3.63, 3.8) is 0 Å². The number of nitrogens with zero attached hydrogens (tertiary/aromatic N) is 3. The van der Waals surface area contributed by atoms with Crippen molar-refractivity contribution in [2.75, 3.05) is 6.61 Å². The minimum absolute atomic E-state index is 0.0867. The Morgan fingerprint density at radius 1 is 1.20 bits per heavy atom. The highest BCUT2D eigenvalue weighted by molar-refractivity contribution is 6.08. The van der Waals surface area contributed by atoms with Crippen molar-refractivity contribution in [2.45, 2.75) is 6.92 Å². The van der Waals surface area contributed by atoms with Gasteiger partial charge in [-0.2, -0.15) is 4.99 Å².